The van der Waals surface area contributed by atoms with E-state index in [1.54, 1.807) is 0 Å². The van der Waals surface area contributed by atoms with E-state index in [2.05, 4.69) is 42.8 Å². The van der Waals surface area contributed by atoms with Gasteiger partial charge in [0.05, 0.1) is 19.6 Å². The summed E-state index contributed by atoms with van der Waals surface area (Å²) >= 11 is 0. The van der Waals surface area contributed by atoms with Crippen LogP contribution >= 0.6 is 0 Å². The summed E-state index contributed by atoms with van der Waals surface area (Å²) in [5.41, 5.74) is 3.37. The van der Waals surface area contributed by atoms with Gasteiger partial charge in [-0.25, -0.2) is 4.79 Å². The van der Waals surface area contributed by atoms with Crippen LogP contribution in [0.2, 0.25) is 0 Å². The van der Waals surface area contributed by atoms with Gasteiger partial charge in [0.1, 0.15) is 6.04 Å². The van der Waals surface area contributed by atoms with Crippen molar-refractivity contribution in [3.63, 3.8) is 0 Å². The molecule has 1 aliphatic heterocycles. The quantitative estimate of drug-likeness (QED) is 0.276. The largest absolute Gasteiger partial charge is 0.466 e. The van der Waals surface area contributed by atoms with Crippen molar-refractivity contribution in [3.05, 3.63) is 42.1 Å². The molecule has 2 rings (SSSR count). The zero-order chi connectivity index (χ0) is 25.8. The Balaban J connectivity index is 1.85. The van der Waals surface area contributed by atoms with Gasteiger partial charge in [0.2, 0.25) is 5.91 Å². The topological polar surface area (TPSA) is 84.9 Å². The Morgan fingerprint density at radius 2 is 1.66 bits per heavy atom. The van der Waals surface area contributed by atoms with Crippen molar-refractivity contribution in [2.75, 3.05) is 24.7 Å². The third-order valence-corrected chi connectivity index (χ3v) is 6.44. The fourth-order valence-corrected chi connectivity index (χ4v) is 4.12. The van der Waals surface area contributed by atoms with Gasteiger partial charge < -0.3 is 19.7 Å². The predicted octanol–water partition coefficient (Wildman–Crippen LogP) is 5.03. The zero-order valence-electron chi connectivity index (χ0n) is 21.9. The van der Waals surface area contributed by atoms with Crippen LogP contribution in [-0.4, -0.2) is 43.6 Å². The molecule has 7 heteroatoms. The number of anilines is 1. The summed E-state index contributed by atoms with van der Waals surface area (Å²) in [7, 11) is 0. The second kappa shape index (κ2) is 13.9. The number of esters is 2. The lowest BCUT2D eigenvalue weighted by Gasteiger charge is -2.26. The maximum Gasteiger partial charge on any atom is 0.329 e. The maximum atomic E-state index is 12.6. The van der Waals surface area contributed by atoms with Crippen molar-refractivity contribution in [3.8, 4) is 0 Å². The summed E-state index contributed by atoms with van der Waals surface area (Å²) in [4.78, 5) is 39.4. The lowest BCUT2D eigenvalue weighted by atomic mass is 9.84. The Hall–Kier alpha value is -2.83. The number of benzene rings is 1. The van der Waals surface area contributed by atoms with Gasteiger partial charge in [-0.1, -0.05) is 65.3 Å². The van der Waals surface area contributed by atoms with E-state index >= 15 is 0 Å². The summed E-state index contributed by atoms with van der Waals surface area (Å²) in [6, 6.07) is 7.29. The molecule has 1 amide bonds. The minimum absolute atomic E-state index is 0.120. The van der Waals surface area contributed by atoms with Crippen LogP contribution in [0.25, 0.3) is 0 Å². The maximum absolute atomic E-state index is 12.6. The molecule has 0 bridgehead atoms. The predicted molar refractivity (Wildman–Crippen MR) is 138 cm³/mol. The number of hydrogen-bond acceptors (Lipinski definition) is 6. The Morgan fingerprint density at radius 3 is 2.34 bits per heavy atom. The van der Waals surface area contributed by atoms with Crippen LogP contribution in [0.15, 0.2) is 36.5 Å². The van der Waals surface area contributed by atoms with E-state index < -0.39 is 18.0 Å². The van der Waals surface area contributed by atoms with Crippen molar-refractivity contribution < 1.29 is 23.9 Å². The molecule has 0 radical (unpaired) electrons. The van der Waals surface area contributed by atoms with Gasteiger partial charge in [0, 0.05) is 29.8 Å². The number of nitrogens with one attached hydrogen (secondary N) is 1. The first-order valence-electron chi connectivity index (χ1n) is 12.9. The number of allylic oxidation sites excluding steroid dienone is 1. The van der Waals surface area contributed by atoms with Crippen LogP contribution in [0, 0.1) is 0 Å². The zero-order valence-corrected chi connectivity index (χ0v) is 21.9. The molecule has 35 heavy (non-hydrogen) atoms. The van der Waals surface area contributed by atoms with Crippen molar-refractivity contribution >= 4 is 23.5 Å². The summed E-state index contributed by atoms with van der Waals surface area (Å²) in [6.45, 7) is 14.0. The van der Waals surface area contributed by atoms with Gasteiger partial charge >= 0.3 is 11.9 Å². The van der Waals surface area contributed by atoms with E-state index in [0.717, 1.165) is 44.3 Å². The van der Waals surface area contributed by atoms with Crippen LogP contribution < -0.4 is 10.2 Å². The smallest absolute Gasteiger partial charge is 0.329 e. The molecule has 0 spiro atoms. The molecule has 1 aromatic rings. The van der Waals surface area contributed by atoms with Gasteiger partial charge in [-0.2, -0.15) is 0 Å². The number of carbonyl (C=O) groups is 3. The number of nitrogens with zero attached hydrogens (tertiary/aromatic N) is 1. The molecule has 7 nitrogen and oxygen atoms in total. The minimum atomic E-state index is -1.03. The molecule has 1 N–H and O–H groups in total. The fraction of sp³-hybridized carbons (Fsp3) is 0.607. The Labute approximate surface area is 210 Å². The van der Waals surface area contributed by atoms with Gasteiger partial charge in [-0.3, -0.25) is 9.59 Å². The summed E-state index contributed by atoms with van der Waals surface area (Å²) in [5.74, 6) is -1.37. The van der Waals surface area contributed by atoms with Crippen LogP contribution in [0.4, 0.5) is 5.69 Å². The molecule has 0 aromatic heterocycles. The second-order valence-electron chi connectivity index (χ2n) is 9.62. The number of carbonyl (C=O) groups excluding carboxylic acids is 3. The average molecular weight is 487 g/mol. The van der Waals surface area contributed by atoms with Crippen LogP contribution in [0.1, 0.15) is 84.6 Å². The second-order valence-corrected chi connectivity index (χ2v) is 9.62. The number of hydrogen-bond donors (Lipinski definition) is 1. The molecule has 1 atom stereocenters. The summed E-state index contributed by atoms with van der Waals surface area (Å²) < 4.78 is 10.4. The number of para-hydroxylation sites is 1. The first-order valence-corrected chi connectivity index (χ1v) is 12.9. The lowest BCUT2D eigenvalue weighted by molar-refractivity contribution is -0.154. The molecule has 0 aliphatic carbocycles. The number of amides is 1. The van der Waals surface area contributed by atoms with Crippen molar-refractivity contribution in [2.24, 2.45) is 0 Å². The van der Waals surface area contributed by atoms with Crippen LogP contribution in [-0.2, 0) is 29.3 Å². The van der Waals surface area contributed by atoms with Gasteiger partial charge in [-0.15, -0.1) is 0 Å². The van der Waals surface area contributed by atoms with Gasteiger partial charge in [-0.05, 0) is 37.3 Å². The van der Waals surface area contributed by atoms with Crippen LogP contribution in [0.5, 0.6) is 0 Å². The van der Waals surface area contributed by atoms with Crippen molar-refractivity contribution in [2.45, 2.75) is 90.5 Å². The van der Waals surface area contributed by atoms with E-state index in [9.17, 15) is 14.4 Å². The Kier molecular flexibility index (Phi) is 11.3. The molecule has 1 aliphatic rings. The molecular weight excluding hydrogens is 444 g/mol. The highest BCUT2D eigenvalue weighted by atomic mass is 16.5. The molecule has 0 saturated heterocycles. The minimum Gasteiger partial charge on any atom is -0.466 e. The Morgan fingerprint density at radius 1 is 1.00 bits per heavy atom. The third kappa shape index (κ3) is 8.11. The van der Waals surface area contributed by atoms with E-state index in [1.165, 1.54) is 11.3 Å². The number of unbranched alkanes of at least 4 members (excludes halogenated alkanes) is 3. The molecule has 0 saturated carbocycles. The third-order valence-electron chi connectivity index (χ3n) is 6.44. The monoisotopic (exact) mass is 486 g/mol. The highest BCUT2D eigenvalue weighted by Gasteiger charge is 2.38. The Bertz CT molecular complexity index is 880. The first-order chi connectivity index (χ1) is 16.7. The highest BCUT2D eigenvalue weighted by Crippen LogP contribution is 2.46. The summed E-state index contributed by atoms with van der Waals surface area (Å²) in [6.07, 6.45) is 4.76. The SMILES string of the molecule is C=C1N(CCCCC(=O)NC(CC(=O)OCCCC)C(=O)OCCCC)c2ccccc2C1(C)C. The number of rotatable bonds is 15. The van der Waals surface area contributed by atoms with Crippen molar-refractivity contribution in [1.82, 2.24) is 5.32 Å². The molecule has 1 unspecified atom stereocenters. The van der Waals surface area contributed by atoms with Crippen LogP contribution in [0.3, 0.4) is 0 Å². The molecule has 0 fully saturated rings. The summed E-state index contributed by atoms with van der Waals surface area (Å²) in [5, 5.41) is 2.69. The molecule has 1 heterocycles. The fourth-order valence-electron chi connectivity index (χ4n) is 4.12. The van der Waals surface area contributed by atoms with E-state index in [4.69, 9.17) is 9.47 Å². The highest BCUT2D eigenvalue weighted by molar-refractivity contribution is 5.88. The van der Waals surface area contributed by atoms with E-state index in [0.29, 0.717) is 13.0 Å². The molecule has 1 aromatic carbocycles. The molecular formula is C28H42N2O5. The standard InChI is InChI=1S/C28H42N2O5/c1-6-8-18-34-26(32)20-23(27(33)35-19-9-7-2)29-25(31)16-12-13-17-30-21(3)28(4,5)22-14-10-11-15-24(22)30/h10-11,14-15,23H,3,6-9,12-13,16-20H2,1-2,4-5H3,(H,29,31). The number of fused-ring (bicyclic) bond motifs is 1. The lowest BCUT2D eigenvalue weighted by Crippen LogP contribution is -2.43. The van der Waals surface area contributed by atoms with Gasteiger partial charge in [0.25, 0.3) is 0 Å². The van der Waals surface area contributed by atoms with E-state index in [1.807, 2.05) is 26.0 Å². The van der Waals surface area contributed by atoms with Gasteiger partial charge in [0.15, 0.2) is 0 Å². The average Bonchev–Trinajstić information content (AvgIpc) is 3.02. The first kappa shape index (κ1) is 28.4. The van der Waals surface area contributed by atoms with E-state index in [-0.39, 0.29) is 30.8 Å². The normalized spacial score (nSPS) is 14.9. The molecule has 194 valence electrons. The van der Waals surface area contributed by atoms with Crippen molar-refractivity contribution in [1.29, 1.82) is 0 Å². The number of ether oxygens (including phenoxy) is 2.